The Bertz CT molecular complexity index is 1760. The normalized spacial score (nSPS) is 23.6. The summed E-state index contributed by atoms with van der Waals surface area (Å²) in [7, 11) is -4.08. The fourth-order valence-electron chi connectivity index (χ4n) is 6.32. The van der Waals surface area contributed by atoms with Crippen molar-refractivity contribution in [2.45, 2.75) is 41.4 Å². The van der Waals surface area contributed by atoms with Crippen molar-refractivity contribution in [1.82, 2.24) is 5.16 Å². The molecule has 3 aromatic carbocycles. The molecular formula is C30H24ClF3N2O5S. The van der Waals surface area contributed by atoms with E-state index in [4.69, 9.17) is 16.1 Å². The standard InChI is InChI=1S/C30H24ClF3N2O5S/c31-21-9-8-17(29(37)35-20-11-22(32)27(34)23(33)12-20)10-25(21)42(39,40)28-18-6-7-19(28)15-30(38,14-18)26-13-24(41-36-26)16-4-2-1-3-5-16/h1-5,8-13,18-19,28,38H,6-7,14-15H2,(H,35,37). The molecule has 2 saturated carbocycles. The summed E-state index contributed by atoms with van der Waals surface area (Å²) in [6.45, 7) is 0. The maximum atomic E-state index is 14.0. The summed E-state index contributed by atoms with van der Waals surface area (Å²) in [4.78, 5) is 12.6. The van der Waals surface area contributed by atoms with Gasteiger partial charge in [-0.3, -0.25) is 4.79 Å². The first-order valence-electron chi connectivity index (χ1n) is 13.2. The van der Waals surface area contributed by atoms with E-state index in [1.165, 1.54) is 12.1 Å². The number of halogens is 4. The average molecular weight is 617 g/mol. The van der Waals surface area contributed by atoms with Crippen molar-refractivity contribution in [2.75, 3.05) is 5.32 Å². The number of nitrogens with zero attached hydrogens (tertiary/aromatic N) is 1. The summed E-state index contributed by atoms with van der Waals surface area (Å²) >= 11 is 6.33. The fourth-order valence-corrected chi connectivity index (χ4v) is 9.16. The number of fused-ring (bicyclic) bond motifs is 2. The molecule has 6 rings (SSSR count). The molecule has 2 fully saturated rings. The lowest BCUT2D eigenvalue weighted by Gasteiger charge is -2.39. The van der Waals surface area contributed by atoms with Crippen molar-refractivity contribution in [2.24, 2.45) is 11.8 Å². The zero-order valence-electron chi connectivity index (χ0n) is 21.9. The van der Waals surface area contributed by atoms with Crippen LogP contribution in [-0.4, -0.2) is 29.8 Å². The van der Waals surface area contributed by atoms with Gasteiger partial charge in [0, 0.05) is 35.0 Å². The Balaban J connectivity index is 1.25. The molecule has 0 aliphatic heterocycles. The first-order valence-corrected chi connectivity index (χ1v) is 15.1. The highest BCUT2D eigenvalue weighted by molar-refractivity contribution is 7.92. The van der Waals surface area contributed by atoms with Crippen LogP contribution < -0.4 is 5.32 Å². The lowest BCUT2D eigenvalue weighted by Crippen LogP contribution is -2.44. The van der Waals surface area contributed by atoms with Gasteiger partial charge in [0.1, 0.15) is 11.3 Å². The van der Waals surface area contributed by atoms with E-state index in [-0.39, 0.29) is 34.0 Å². The fraction of sp³-hybridized carbons (Fsp3) is 0.267. The number of benzene rings is 3. The van der Waals surface area contributed by atoms with E-state index in [9.17, 15) is 31.5 Å². The minimum absolute atomic E-state index is 0.0883. The topological polar surface area (TPSA) is 110 Å². The molecule has 0 radical (unpaired) electrons. The monoisotopic (exact) mass is 616 g/mol. The van der Waals surface area contributed by atoms with E-state index in [1.807, 2.05) is 30.3 Å². The van der Waals surface area contributed by atoms with Crippen LogP contribution in [0.25, 0.3) is 11.3 Å². The number of amides is 1. The third-order valence-corrected chi connectivity index (χ3v) is 11.1. The van der Waals surface area contributed by atoms with E-state index >= 15 is 0 Å². The molecule has 2 bridgehead atoms. The highest BCUT2D eigenvalue weighted by Gasteiger charge is 2.55. The van der Waals surface area contributed by atoms with Gasteiger partial charge >= 0.3 is 0 Å². The van der Waals surface area contributed by atoms with E-state index < -0.39 is 55.9 Å². The van der Waals surface area contributed by atoms with Gasteiger partial charge in [0.05, 0.1) is 15.2 Å². The minimum atomic E-state index is -4.08. The van der Waals surface area contributed by atoms with Crippen molar-refractivity contribution in [3.05, 3.63) is 100 Å². The molecule has 2 aliphatic carbocycles. The second-order valence-corrected chi connectivity index (χ2v) is 13.3. The molecule has 42 heavy (non-hydrogen) atoms. The Morgan fingerprint density at radius 3 is 2.26 bits per heavy atom. The van der Waals surface area contributed by atoms with Crippen molar-refractivity contribution in [3.63, 3.8) is 0 Å². The number of carbonyl (C=O) groups excluding carboxylic acids is 1. The van der Waals surface area contributed by atoms with Gasteiger partial charge in [0.2, 0.25) is 0 Å². The average Bonchev–Trinajstić information content (AvgIpc) is 3.57. The number of aromatic nitrogens is 1. The zero-order valence-corrected chi connectivity index (χ0v) is 23.4. The van der Waals surface area contributed by atoms with Crippen molar-refractivity contribution in [1.29, 1.82) is 0 Å². The smallest absolute Gasteiger partial charge is 0.255 e. The quantitative estimate of drug-likeness (QED) is 0.239. The van der Waals surface area contributed by atoms with Gasteiger partial charge in [-0.1, -0.05) is 47.1 Å². The molecule has 1 aromatic heterocycles. The second-order valence-electron chi connectivity index (χ2n) is 10.8. The Morgan fingerprint density at radius 2 is 1.62 bits per heavy atom. The van der Waals surface area contributed by atoms with Crippen LogP contribution in [0.2, 0.25) is 5.02 Å². The number of aliphatic hydroxyl groups is 1. The summed E-state index contributed by atoms with van der Waals surface area (Å²) in [6, 6.07) is 15.9. The largest absolute Gasteiger partial charge is 0.383 e. The molecule has 0 spiro atoms. The van der Waals surface area contributed by atoms with E-state index in [0.717, 1.165) is 11.6 Å². The molecule has 218 valence electrons. The lowest BCUT2D eigenvalue weighted by atomic mass is 9.75. The van der Waals surface area contributed by atoms with Crippen molar-refractivity contribution in [3.8, 4) is 11.3 Å². The van der Waals surface area contributed by atoms with E-state index in [1.54, 1.807) is 6.07 Å². The maximum absolute atomic E-state index is 14.0. The molecule has 1 heterocycles. The molecule has 1 amide bonds. The number of nitrogens with one attached hydrogen (secondary N) is 1. The molecule has 7 nitrogen and oxygen atoms in total. The number of hydrogen-bond acceptors (Lipinski definition) is 6. The first kappa shape index (κ1) is 28.4. The predicted octanol–water partition coefficient (Wildman–Crippen LogP) is 6.51. The predicted molar refractivity (Wildman–Crippen MR) is 148 cm³/mol. The molecule has 2 N–H and O–H groups in total. The van der Waals surface area contributed by atoms with Gasteiger partial charge < -0.3 is 14.9 Å². The van der Waals surface area contributed by atoms with Gasteiger partial charge in [0.25, 0.3) is 5.91 Å². The number of anilines is 1. The van der Waals surface area contributed by atoms with E-state index in [0.29, 0.717) is 36.4 Å². The maximum Gasteiger partial charge on any atom is 0.255 e. The van der Waals surface area contributed by atoms with Crippen molar-refractivity contribution >= 4 is 33.0 Å². The van der Waals surface area contributed by atoms with Crippen LogP contribution in [-0.2, 0) is 15.4 Å². The van der Waals surface area contributed by atoms with Crippen LogP contribution in [0.5, 0.6) is 0 Å². The van der Waals surface area contributed by atoms with Crippen LogP contribution in [0.1, 0.15) is 41.7 Å². The third kappa shape index (κ3) is 4.99. The van der Waals surface area contributed by atoms with E-state index in [2.05, 4.69) is 10.5 Å². The zero-order chi connectivity index (χ0) is 29.8. The summed E-state index contributed by atoms with van der Waals surface area (Å²) in [5, 5.41) is 17.1. The molecular weight excluding hydrogens is 593 g/mol. The molecule has 0 saturated heterocycles. The Morgan fingerprint density at radius 1 is 0.976 bits per heavy atom. The number of sulfone groups is 1. The first-order chi connectivity index (χ1) is 20.0. The Labute approximate surface area is 244 Å². The molecule has 2 aliphatic rings. The van der Waals surface area contributed by atoms with Crippen LogP contribution in [0.3, 0.4) is 0 Å². The van der Waals surface area contributed by atoms with Gasteiger partial charge in [-0.2, -0.15) is 0 Å². The number of hydrogen-bond donors (Lipinski definition) is 2. The molecule has 2 atom stereocenters. The highest BCUT2D eigenvalue weighted by atomic mass is 35.5. The summed E-state index contributed by atoms with van der Waals surface area (Å²) < 4.78 is 74.0. The second kappa shape index (κ2) is 10.6. The lowest BCUT2D eigenvalue weighted by molar-refractivity contribution is -0.0298. The van der Waals surface area contributed by atoms with Gasteiger partial charge in [-0.25, -0.2) is 21.6 Å². The third-order valence-electron chi connectivity index (χ3n) is 8.18. The van der Waals surface area contributed by atoms with Gasteiger partial charge in [-0.05, 0) is 55.7 Å². The van der Waals surface area contributed by atoms with Crippen LogP contribution in [0.4, 0.5) is 18.9 Å². The summed E-state index contributed by atoms with van der Waals surface area (Å²) in [6.07, 6.45) is 1.43. The van der Waals surface area contributed by atoms with Crippen LogP contribution in [0, 0.1) is 29.3 Å². The number of carbonyl (C=O) groups is 1. The molecule has 12 heteroatoms. The Hall–Kier alpha value is -3.67. The Kier molecular flexibility index (Phi) is 7.15. The van der Waals surface area contributed by atoms with Gasteiger partial charge in [0.15, 0.2) is 33.0 Å². The minimum Gasteiger partial charge on any atom is -0.383 e. The SMILES string of the molecule is O=C(Nc1cc(F)c(F)c(F)c1)c1ccc(Cl)c(S(=O)(=O)C2C3CCC2CC(O)(c2cc(-c4ccccc4)on2)C3)c1. The summed E-state index contributed by atoms with van der Waals surface area (Å²) in [5.41, 5.74) is -0.700. The van der Waals surface area contributed by atoms with Gasteiger partial charge in [-0.15, -0.1) is 0 Å². The summed E-state index contributed by atoms with van der Waals surface area (Å²) in [5.74, 6) is -5.84. The molecule has 4 aromatic rings. The highest BCUT2D eigenvalue weighted by Crippen LogP contribution is 2.54. The number of rotatable bonds is 6. The molecule has 2 unspecified atom stereocenters. The van der Waals surface area contributed by atoms with Crippen LogP contribution >= 0.6 is 11.6 Å². The van der Waals surface area contributed by atoms with Crippen LogP contribution in [0.15, 0.2) is 76.1 Å². The van der Waals surface area contributed by atoms with Crippen molar-refractivity contribution < 1.29 is 36.0 Å².